The van der Waals surface area contributed by atoms with Crippen molar-refractivity contribution in [3.05, 3.63) is 39.7 Å². The van der Waals surface area contributed by atoms with Gasteiger partial charge in [0.25, 0.3) is 0 Å². The Kier molecular flexibility index (Phi) is 3.14. The van der Waals surface area contributed by atoms with Gasteiger partial charge in [0, 0.05) is 16.0 Å². The van der Waals surface area contributed by atoms with E-state index in [4.69, 9.17) is 22.3 Å². The molecular formula is C14H15ClN2S. The first-order chi connectivity index (χ1) is 8.67. The van der Waals surface area contributed by atoms with Crippen LogP contribution >= 0.6 is 22.9 Å². The summed E-state index contributed by atoms with van der Waals surface area (Å²) in [5.41, 5.74) is 8.27. The first-order valence-corrected chi connectivity index (χ1v) is 7.44. The second kappa shape index (κ2) is 4.65. The molecule has 0 bridgehead atoms. The average Bonchev–Trinajstić information content (AvgIpc) is 2.98. The summed E-state index contributed by atoms with van der Waals surface area (Å²) in [6, 6.07) is 7.80. The zero-order valence-electron chi connectivity index (χ0n) is 10.0. The molecule has 18 heavy (non-hydrogen) atoms. The fourth-order valence-corrected chi connectivity index (χ4v) is 3.69. The minimum absolute atomic E-state index is 0.193. The molecule has 1 heterocycles. The molecule has 0 atom stereocenters. The summed E-state index contributed by atoms with van der Waals surface area (Å²) >= 11 is 7.67. The summed E-state index contributed by atoms with van der Waals surface area (Å²) in [7, 11) is 0. The van der Waals surface area contributed by atoms with Crippen LogP contribution < -0.4 is 5.73 Å². The lowest BCUT2D eigenvalue weighted by molar-refractivity contribution is 0.459. The first-order valence-electron chi connectivity index (χ1n) is 6.18. The van der Waals surface area contributed by atoms with Crippen LogP contribution in [0.1, 0.15) is 30.7 Å². The molecule has 2 aromatic rings. The molecule has 0 saturated heterocycles. The normalized spacial score (nSPS) is 18.1. The van der Waals surface area contributed by atoms with Crippen LogP contribution in [0.25, 0.3) is 11.3 Å². The molecule has 0 aliphatic heterocycles. The first kappa shape index (κ1) is 12.2. The second-order valence-corrected chi connectivity index (χ2v) is 6.21. The SMILES string of the molecule is NC1(c2nc(-c3cccc(Cl)c3)cs2)CCCC1. The average molecular weight is 279 g/mol. The van der Waals surface area contributed by atoms with Crippen molar-refractivity contribution in [3.8, 4) is 11.3 Å². The summed E-state index contributed by atoms with van der Waals surface area (Å²) in [4.78, 5) is 4.71. The van der Waals surface area contributed by atoms with Gasteiger partial charge in [0.05, 0.1) is 11.2 Å². The van der Waals surface area contributed by atoms with Gasteiger partial charge in [-0.1, -0.05) is 36.6 Å². The third kappa shape index (κ3) is 2.18. The predicted molar refractivity (Wildman–Crippen MR) is 76.9 cm³/mol. The van der Waals surface area contributed by atoms with Gasteiger partial charge in [-0.3, -0.25) is 0 Å². The minimum atomic E-state index is -0.193. The summed E-state index contributed by atoms with van der Waals surface area (Å²) in [6.07, 6.45) is 4.52. The minimum Gasteiger partial charge on any atom is -0.319 e. The highest BCUT2D eigenvalue weighted by atomic mass is 35.5. The van der Waals surface area contributed by atoms with Crippen LogP contribution in [-0.4, -0.2) is 4.98 Å². The predicted octanol–water partition coefficient (Wildman–Crippen LogP) is 4.19. The zero-order chi connectivity index (χ0) is 12.6. The molecule has 94 valence electrons. The Morgan fingerprint density at radius 1 is 1.28 bits per heavy atom. The van der Waals surface area contributed by atoms with Crippen LogP contribution in [0.2, 0.25) is 5.02 Å². The Balaban J connectivity index is 1.94. The number of halogens is 1. The number of nitrogens with two attached hydrogens (primary N) is 1. The maximum Gasteiger partial charge on any atom is 0.113 e. The molecule has 1 saturated carbocycles. The lowest BCUT2D eigenvalue weighted by atomic mass is 10.0. The third-order valence-corrected chi connectivity index (χ3v) is 4.84. The molecule has 0 radical (unpaired) electrons. The van der Waals surface area contributed by atoms with Crippen molar-refractivity contribution in [3.63, 3.8) is 0 Å². The molecule has 1 aliphatic rings. The van der Waals surface area contributed by atoms with E-state index < -0.39 is 0 Å². The van der Waals surface area contributed by atoms with Crippen molar-refractivity contribution in [1.29, 1.82) is 0 Å². The van der Waals surface area contributed by atoms with Crippen molar-refractivity contribution >= 4 is 22.9 Å². The van der Waals surface area contributed by atoms with Crippen LogP contribution in [0, 0.1) is 0 Å². The molecule has 0 amide bonds. The van der Waals surface area contributed by atoms with Crippen molar-refractivity contribution in [2.45, 2.75) is 31.2 Å². The number of hydrogen-bond acceptors (Lipinski definition) is 3. The van der Waals surface area contributed by atoms with Gasteiger partial charge < -0.3 is 5.73 Å². The Labute approximate surface area is 116 Å². The van der Waals surface area contributed by atoms with Gasteiger partial charge in [0.1, 0.15) is 5.01 Å². The van der Waals surface area contributed by atoms with E-state index in [2.05, 4.69) is 5.38 Å². The number of aromatic nitrogens is 1. The molecule has 0 spiro atoms. The maximum absolute atomic E-state index is 6.42. The maximum atomic E-state index is 6.42. The topological polar surface area (TPSA) is 38.9 Å². The fraction of sp³-hybridized carbons (Fsp3) is 0.357. The van der Waals surface area contributed by atoms with Crippen LogP contribution in [0.5, 0.6) is 0 Å². The molecule has 1 aliphatic carbocycles. The zero-order valence-corrected chi connectivity index (χ0v) is 11.6. The fourth-order valence-electron chi connectivity index (χ4n) is 2.50. The van der Waals surface area contributed by atoms with E-state index in [-0.39, 0.29) is 5.54 Å². The monoisotopic (exact) mass is 278 g/mol. The molecule has 1 aromatic carbocycles. The van der Waals surface area contributed by atoms with Crippen molar-refractivity contribution in [2.24, 2.45) is 5.73 Å². The van der Waals surface area contributed by atoms with E-state index in [1.807, 2.05) is 24.3 Å². The standard InChI is InChI=1S/C14H15ClN2S/c15-11-5-3-4-10(8-11)12-9-18-13(17-12)14(16)6-1-2-7-14/h3-5,8-9H,1-2,6-7,16H2. The Bertz CT molecular complexity index is 558. The molecule has 1 aromatic heterocycles. The number of benzene rings is 1. The highest BCUT2D eigenvalue weighted by molar-refractivity contribution is 7.10. The van der Waals surface area contributed by atoms with E-state index in [9.17, 15) is 0 Å². The lowest BCUT2D eigenvalue weighted by Gasteiger charge is -2.19. The second-order valence-electron chi connectivity index (χ2n) is 4.91. The van der Waals surface area contributed by atoms with Crippen molar-refractivity contribution < 1.29 is 0 Å². The van der Waals surface area contributed by atoms with Crippen LogP contribution in [-0.2, 0) is 5.54 Å². The summed E-state index contributed by atoms with van der Waals surface area (Å²) in [5, 5.41) is 3.88. The molecule has 0 unspecified atom stereocenters. The molecule has 4 heteroatoms. The number of nitrogens with zero attached hydrogens (tertiary/aromatic N) is 1. The van der Waals surface area contributed by atoms with E-state index in [1.165, 1.54) is 12.8 Å². The number of hydrogen-bond donors (Lipinski definition) is 1. The van der Waals surface area contributed by atoms with Crippen LogP contribution in [0.4, 0.5) is 0 Å². The Morgan fingerprint density at radius 2 is 2.06 bits per heavy atom. The molecular weight excluding hydrogens is 264 g/mol. The summed E-state index contributed by atoms with van der Waals surface area (Å²) in [6.45, 7) is 0. The van der Waals surface area contributed by atoms with Gasteiger partial charge in [-0.15, -0.1) is 11.3 Å². The Morgan fingerprint density at radius 3 is 2.78 bits per heavy atom. The van der Waals surface area contributed by atoms with Crippen molar-refractivity contribution in [2.75, 3.05) is 0 Å². The van der Waals surface area contributed by atoms with Crippen LogP contribution in [0.3, 0.4) is 0 Å². The molecule has 2 N–H and O–H groups in total. The van der Waals surface area contributed by atoms with Gasteiger partial charge in [-0.05, 0) is 25.0 Å². The largest absolute Gasteiger partial charge is 0.319 e. The van der Waals surface area contributed by atoms with E-state index in [1.54, 1.807) is 11.3 Å². The van der Waals surface area contributed by atoms with Gasteiger partial charge >= 0.3 is 0 Å². The van der Waals surface area contributed by atoms with Crippen LogP contribution in [0.15, 0.2) is 29.6 Å². The van der Waals surface area contributed by atoms with E-state index in [0.717, 1.165) is 34.1 Å². The smallest absolute Gasteiger partial charge is 0.113 e. The highest BCUT2D eigenvalue weighted by Crippen LogP contribution is 2.39. The molecule has 1 fully saturated rings. The molecule has 3 rings (SSSR count). The van der Waals surface area contributed by atoms with E-state index in [0.29, 0.717) is 0 Å². The number of thiazole rings is 1. The van der Waals surface area contributed by atoms with Gasteiger partial charge in [-0.25, -0.2) is 4.98 Å². The third-order valence-electron chi connectivity index (χ3n) is 3.55. The van der Waals surface area contributed by atoms with Gasteiger partial charge in [-0.2, -0.15) is 0 Å². The quantitative estimate of drug-likeness (QED) is 0.894. The van der Waals surface area contributed by atoms with Gasteiger partial charge in [0.15, 0.2) is 0 Å². The van der Waals surface area contributed by atoms with E-state index >= 15 is 0 Å². The lowest BCUT2D eigenvalue weighted by Crippen LogP contribution is -2.32. The highest BCUT2D eigenvalue weighted by Gasteiger charge is 2.34. The summed E-state index contributed by atoms with van der Waals surface area (Å²) < 4.78 is 0. The Hall–Kier alpha value is -0.900. The molecule has 2 nitrogen and oxygen atoms in total. The van der Waals surface area contributed by atoms with Crippen molar-refractivity contribution in [1.82, 2.24) is 4.98 Å². The number of rotatable bonds is 2. The van der Waals surface area contributed by atoms with Gasteiger partial charge in [0.2, 0.25) is 0 Å². The summed E-state index contributed by atoms with van der Waals surface area (Å²) in [5.74, 6) is 0.